The highest BCUT2D eigenvalue weighted by molar-refractivity contribution is 6.04. The third-order valence-corrected chi connectivity index (χ3v) is 3.13. The number of pyridine rings is 1. The molecule has 3 aromatic rings. The summed E-state index contributed by atoms with van der Waals surface area (Å²) in [5, 5.41) is 2.50. The number of carbonyl (C=O) groups is 1. The van der Waals surface area contributed by atoms with Crippen LogP contribution in [0.5, 0.6) is 11.6 Å². The zero-order valence-electron chi connectivity index (χ0n) is 12.4. The fourth-order valence-corrected chi connectivity index (χ4v) is 2.01. The molecule has 6 heteroatoms. The van der Waals surface area contributed by atoms with Crippen molar-refractivity contribution in [1.29, 1.82) is 0 Å². The number of aromatic nitrogens is 1. The van der Waals surface area contributed by atoms with E-state index in [1.807, 2.05) is 0 Å². The van der Waals surface area contributed by atoms with E-state index in [-0.39, 0.29) is 5.69 Å². The Labute approximate surface area is 136 Å². The third-order valence-electron chi connectivity index (χ3n) is 3.13. The Morgan fingerprint density at radius 2 is 1.83 bits per heavy atom. The Kier molecular flexibility index (Phi) is 4.47. The first-order valence-electron chi connectivity index (χ1n) is 7.07. The van der Waals surface area contributed by atoms with Gasteiger partial charge in [-0.05, 0) is 36.4 Å². The van der Waals surface area contributed by atoms with Crippen molar-refractivity contribution in [3.05, 3.63) is 84.1 Å². The van der Waals surface area contributed by atoms with Gasteiger partial charge in [0.15, 0.2) is 11.6 Å². The first kappa shape index (κ1) is 15.6. The number of nitrogens with zero attached hydrogens (tertiary/aromatic N) is 1. The predicted octanol–water partition coefficient (Wildman–Crippen LogP) is 4.40. The van der Waals surface area contributed by atoms with E-state index in [0.717, 1.165) is 12.1 Å². The summed E-state index contributed by atoms with van der Waals surface area (Å²) in [6.07, 6.45) is 1.59. The largest absolute Gasteiger partial charge is 0.439 e. The molecule has 0 fully saturated rings. The lowest BCUT2D eigenvalue weighted by Crippen LogP contribution is -2.12. The molecule has 0 saturated heterocycles. The monoisotopic (exact) mass is 326 g/mol. The van der Waals surface area contributed by atoms with Crippen LogP contribution in [0.25, 0.3) is 0 Å². The standard InChI is InChI=1S/C18H12F2N2O2/c19-15-8-7-13(11-16(15)20)22-18(23)12-4-3-5-14(10-12)24-17-6-1-2-9-21-17/h1-11H,(H,22,23). The molecule has 4 nitrogen and oxygen atoms in total. The summed E-state index contributed by atoms with van der Waals surface area (Å²) < 4.78 is 31.6. The number of carbonyl (C=O) groups excluding carboxylic acids is 1. The molecule has 0 saturated carbocycles. The van der Waals surface area contributed by atoms with Crippen molar-refractivity contribution in [3.8, 4) is 11.6 Å². The van der Waals surface area contributed by atoms with Gasteiger partial charge < -0.3 is 10.1 Å². The van der Waals surface area contributed by atoms with Gasteiger partial charge in [0.1, 0.15) is 5.75 Å². The molecule has 3 rings (SSSR count). The molecule has 0 aliphatic rings. The molecule has 0 radical (unpaired) electrons. The lowest BCUT2D eigenvalue weighted by atomic mass is 10.2. The van der Waals surface area contributed by atoms with Crippen molar-refractivity contribution in [2.24, 2.45) is 0 Å². The van der Waals surface area contributed by atoms with Crippen LogP contribution in [0.3, 0.4) is 0 Å². The Morgan fingerprint density at radius 1 is 0.958 bits per heavy atom. The summed E-state index contributed by atoms with van der Waals surface area (Å²) in [5.74, 6) is -1.63. The highest BCUT2D eigenvalue weighted by atomic mass is 19.2. The second kappa shape index (κ2) is 6.87. The van der Waals surface area contributed by atoms with E-state index in [1.54, 1.807) is 42.6 Å². The molecular weight excluding hydrogens is 314 g/mol. The minimum atomic E-state index is -1.03. The van der Waals surface area contributed by atoms with E-state index in [9.17, 15) is 13.6 Å². The summed E-state index contributed by atoms with van der Waals surface area (Å²) >= 11 is 0. The molecule has 24 heavy (non-hydrogen) atoms. The van der Waals surface area contributed by atoms with Crippen LogP contribution in [0, 0.1) is 11.6 Å². The summed E-state index contributed by atoms with van der Waals surface area (Å²) in [6.45, 7) is 0. The Bertz CT molecular complexity index is 870. The molecule has 0 aliphatic carbocycles. The highest BCUT2D eigenvalue weighted by Crippen LogP contribution is 2.21. The maximum absolute atomic E-state index is 13.2. The molecule has 1 amide bonds. The fourth-order valence-electron chi connectivity index (χ4n) is 2.01. The highest BCUT2D eigenvalue weighted by Gasteiger charge is 2.10. The van der Waals surface area contributed by atoms with Crippen LogP contribution in [-0.2, 0) is 0 Å². The summed E-state index contributed by atoms with van der Waals surface area (Å²) in [5.41, 5.74) is 0.475. The van der Waals surface area contributed by atoms with Crippen LogP contribution in [0.4, 0.5) is 14.5 Å². The number of ether oxygens (including phenoxy) is 1. The lowest BCUT2D eigenvalue weighted by Gasteiger charge is -2.08. The van der Waals surface area contributed by atoms with Crippen LogP contribution < -0.4 is 10.1 Å². The van der Waals surface area contributed by atoms with Crippen molar-refractivity contribution >= 4 is 11.6 Å². The zero-order chi connectivity index (χ0) is 16.9. The number of benzene rings is 2. The first-order chi connectivity index (χ1) is 11.6. The summed E-state index contributed by atoms with van der Waals surface area (Å²) in [7, 11) is 0. The van der Waals surface area contributed by atoms with Crippen LogP contribution in [-0.4, -0.2) is 10.9 Å². The predicted molar refractivity (Wildman–Crippen MR) is 85.1 cm³/mol. The topological polar surface area (TPSA) is 51.2 Å². The van der Waals surface area contributed by atoms with Gasteiger partial charge in [0.2, 0.25) is 5.88 Å². The Morgan fingerprint density at radius 3 is 2.58 bits per heavy atom. The van der Waals surface area contributed by atoms with Crippen molar-refractivity contribution in [2.45, 2.75) is 0 Å². The van der Waals surface area contributed by atoms with Gasteiger partial charge in [-0.3, -0.25) is 4.79 Å². The number of anilines is 1. The van der Waals surface area contributed by atoms with Gasteiger partial charge in [-0.15, -0.1) is 0 Å². The third kappa shape index (κ3) is 3.73. The van der Waals surface area contributed by atoms with Gasteiger partial charge in [0, 0.05) is 29.6 Å². The molecule has 120 valence electrons. The maximum Gasteiger partial charge on any atom is 0.255 e. The number of nitrogens with one attached hydrogen (secondary N) is 1. The number of hydrogen-bond acceptors (Lipinski definition) is 3. The SMILES string of the molecule is O=C(Nc1ccc(F)c(F)c1)c1cccc(Oc2ccccn2)c1. The second-order valence-electron chi connectivity index (χ2n) is 4.88. The van der Waals surface area contributed by atoms with E-state index in [4.69, 9.17) is 4.74 Å². The molecule has 0 bridgehead atoms. The van der Waals surface area contributed by atoms with Crippen molar-refractivity contribution < 1.29 is 18.3 Å². The number of hydrogen-bond donors (Lipinski definition) is 1. The van der Waals surface area contributed by atoms with Crippen LogP contribution in [0.1, 0.15) is 10.4 Å². The van der Waals surface area contributed by atoms with Gasteiger partial charge in [-0.1, -0.05) is 12.1 Å². The fraction of sp³-hybridized carbons (Fsp3) is 0. The molecule has 2 aromatic carbocycles. The molecule has 1 heterocycles. The van der Waals surface area contributed by atoms with E-state index >= 15 is 0 Å². The van der Waals surface area contributed by atoms with Gasteiger partial charge in [0.25, 0.3) is 5.91 Å². The molecule has 0 aliphatic heterocycles. The van der Waals surface area contributed by atoms with Crippen LogP contribution >= 0.6 is 0 Å². The van der Waals surface area contributed by atoms with Gasteiger partial charge in [-0.25, -0.2) is 13.8 Å². The molecule has 0 spiro atoms. The van der Waals surface area contributed by atoms with Crippen LogP contribution in [0.2, 0.25) is 0 Å². The minimum absolute atomic E-state index is 0.162. The Hall–Kier alpha value is -3.28. The molecule has 0 atom stereocenters. The van der Waals surface area contributed by atoms with E-state index < -0.39 is 17.5 Å². The molecule has 1 N–H and O–H groups in total. The quantitative estimate of drug-likeness (QED) is 0.773. The summed E-state index contributed by atoms with van der Waals surface area (Å²) in [4.78, 5) is 16.3. The first-order valence-corrected chi connectivity index (χ1v) is 7.07. The van der Waals surface area contributed by atoms with Gasteiger partial charge in [0.05, 0.1) is 0 Å². The van der Waals surface area contributed by atoms with E-state index in [0.29, 0.717) is 17.2 Å². The zero-order valence-corrected chi connectivity index (χ0v) is 12.4. The van der Waals surface area contributed by atoms with Crippen LogP contribution in [0.15, 0.2) is 66.9 Å². The maximum atomic E-state index is 13.2. The molecular formula is C18H12F2N2O2. The van der Waals surface area contributed by atoms with Crippen molar-refractivity contribution in [2.75, 3.05) is 5.32 Å². The second-order valence-corrected chi connectivity index (χ2v) is 4.88. The normalized spacial score (nSPS) is 10.2. The summed E-state index contributed by atoms with van der Waals surface area (Å²) in [6, 6.07) is 14.8. The number of amides is 1. The van der Waals surface area contributed by atoms with E-state index in [1.165, 1.54) is 12.1 Å². The molecule has 1 aromatic heterocycles. The van der Waals surface area contributed by atoms with Gasteiger partial charge in [-0.2, -0.15) is 0 Å². The minimum Gasteiger partial charge on any atom is -0.439 e. The number of halogens is 2. The average Bonchev–Trinajstić information content (AvgIpc) is 2.59. The Balaban J connectivity index is 1.75. The average molecular weight is 326 g/mol. The lowest BCUT2D eigenvalue weighted by molar-refractivity contribution is 0.102. The number of rotatable bonds is 4. The smallest absolute Gasteiger partial charge is 0.255 e. The van der Waals surface area contributed by atoms with Crippen molar-refractivity contribution in [3.63, 3.8) is 0 Å². The molecule has 0 unspecified atom stereocenters. The van der Waals surface area contributed by atoms with Gasteiger partial charge >= 0.3 is 0 Å². The van der Waals surface area contributed by atoms with Crippen molar-refractivity contribution in [1.82, 2.24) is 4.98 Å². The van der Waals surface area contributed by atoms with E-state index in [2.05, 4.69) is 10.3 Å².